The molecule has 2 fully saturated rings. The first kappa shape index (κ1) is 27.9. The van der Waals surface area contributed by atoms with Gasteiger partial charge in [-0.25, -0.2) is 0 Å². The molecule has 216 valence electrons. The fourth-order valence-electron chi connectivity index (χ4n) is 4.41. The summed E-state index contributed by atoms with van der Waals surface area (Å²) in [5.74, 6) is -3.07. The van der Waals surface area contributed by atoms with Gasteiger partial charge < -0.3 is 69.3 Å². The number of aliphatic hydroxyl groups is 5. The van der Waals surface area contributed by atoms with Crippen molar-refractivity contribution in [3.8, 4) is 40.1 Å². The summed E-state index contributed by atoms with van der Waals surface area (Å²) < 4.78 is 27.4. The summed E-state index contributed by atoms with van der Waals surface area (Å²) in [5.41, 5.74) is -1.20. The molecule has 9 N–H and O–H groups in total. The molecular weight excluding hydrogens is 540 g/mol. The summed E-state index contributed by atoms with van der Waals surface area (Å²) in [7, 11) is 0. The van der Waals surface area contributed by atoms with Gasteiger partial charge in [-0.05, 0) is 18.2 Å². The van der Waals surface area contributed by atoms with E-state index in [0.29, 0.717) is 0 Å². The van der Waals surface area contributed by atoms with Gasteiger partial charge in [0.1, 0.15) is 59.1 Å². The standard InChI is InChI=1S/C25H26O15/c26-9-4-12(29)16-14(5-9)38-22(8-1-2-10(27)11(28)3-8)23(19(16)33)40-25-21(35)18(32)15(7-37-25)39-24-20(34)17(31)13(30)6-36-24/h1-5,13,15,17-18,20-21,24-32,34-35H,6-7H2. The lowest BCUT2D eigenvalue weighted by atomic mass is 10.0. The van der Waals surface area contributed by atoms with E-state index in [-0.39, 0.29) is 23.5 Å². The Labute approximate surface area is 223 Å². The Balaban J connectivity index is 1.45. The molecule has 5 rings (SSSR count). The summed E-state index contributed by atoms with van der Waals surface area (Å²) in [4.78, 5) is 13.4. The van der Waals surface area contributed by atoms with E-state index in [1.807, 2.05) is 0 Å². The first-order valence-electron chi connectivity index (χ1n) is 12.0. The second-order valence-electron chi connectivity index (χ2n) is 9.36. The van der Waals surface area contributed by atoms with Crippen molar-refractivity contribution in [3.05, 3.63) is 40.6 Å². The third-order valence-electron chi connectivity index (χ3n) is 6.59. The molecular formula is C25H26O15. The molecule has 3 aromatic rings. The predicted molar refractivity (Wildman–Crippen MR) is 130 cm³/mol. The monoisotopic (exact) mass is 566 g/mol. The maximum atomic E-state index is 13.4. The van der Waals surface area contributed by atoms with Crippen molar-refractivity contribution >= 4 is 11.0 Å². The van der Waals surface area contributed by atoms with Crippen LogP contribution in [0, 0.1) is 0 Å². The van der Waals surface area contributed by atoms with Crippen LogP contribution in [0.15, 0.2) is 39.5 Å². The average molecular weight is 566 g/mol. The van der Waals surface area contributed by atoms with E-state index in [2.05, 4.69) is 0 Å². The van der Waals surface area contributed by atoms with Crippen LogP contribution in [0.2, 0.25) is 0 Å². The molecule has 1 aromatic heterocycles. The van der Waals surface area contributed by atoms with Crippen molar-refractivity contribution in [2.45, 2.75) is 49.2 Å². The molecule has 0 spiro atoms. The largest absolute Gasteiger partial charge is 0.508 e. The zero-order valence-electron chi connectivity index (χ0n) is 20.4. The Morgan fingerprint density at radius 3 is 2.17 bits per heavy atom. The minimum Gasteiger partial charge on any atom is -0.508 e. The van der Waals surface area contributed by atoms with Crippen LogP contribution < -0.4 is 10.2 Å². The van der Waals surface area contributed by atoms with E-state index in [0.717, 1.165) is 24.3 Å². The van der Waals surface area contributed by atoms with Gasteiger partial charge in [-0.2, -0.15) is 0 Å². The molecule has 8 unspecified atom stereocenters. The highest BCUT2D eigenvalue weighted by Crippen LogP contribution is 2.39. The molecule has 15 heteroatoms. The van der Waals surface area contributed by atoms with Crippen LogP contribution in [-0.4, -0.2) is 108 Å². The maximum absolute atomic E-state index is 13.4. The van der Waals surface area contributed by atoms with E-state index in [1.54, 1.807) is 0 Å². The van der Waals surface area contributed by atoms with Gasteiger partial charge in [0.2, 0.25) is 17.5 Å². The van der Waals surface area contributed by atoms with Crippen LogP contribution in [0.4, 0.5) is 0 Å². The lowest BCUT2D eigenvalue weighted by molar-refractivity contribution is -0.320. The van der Waals surface area contributed by atoms with Crippen molar-refractivity contribution in [1.82, 2.24) is 0 Å². The van der Waals surface area contributed by atoms with Crippen molar-refractivity contribution in [2.75, 3.05) is 13.2 Å². The Bertz CT molecular complexity index is 1450. The quantitative estimate of drug-likeness (QED) is 0.160. The van der Waals surface area contributed by atoms with E-state index in [9.17, 15) is 50.8 Å². The Morgan fingerprint density at radius 1 is 0.750 bits per heavy atom. The van der Waals surface area contributed by atoms with Gasteiger partial charge in [-0.1, -0.05) is 0 Å². The molecule has 0 saturated carbocycles. The summed E-state index contributed by atoms with van der Waals surface area (Å²) in [6, 6.07) is 5.37. The number of phenols is 4. The Kier molecular flexibility index (Phi) is 7.47. The van der Waals surface area contributed by atoms with Crippen LogP contribution >= 0.6 is 0 Å². The minimum atomic E-state index is -1.86. The summed E-state index contributed by atoms with van der Waals surface area (Å²) >= 11 is 0. The van der Waals surface area contributed by atoms with Crippen molar-refractivity contribution in [3.63, 3.8) is 0 Å². The summed E-state index contributed by atoms with van der Waals surface area (Å²) in [6.07, 6.45) is -12.7. The number of aliphatic hydroxyl groups excluding tert-OH is 5. The zero-order chi connectivity index (χ0) is 28.9. The van der Waals surface area contributed by atoms with Crippen molar-refractivity contribution < 1.29 is 69.3 Å². The highest BCUT2D eigenvalue weighted by atomic mass is 16.7. The summed E-state index contributed by atoms with van der Waals surface area (Å²) in [5, 5.41) is 90.3. The van der Waals surface area contributed by atoms with E-state index in [4.69, 9.17) is 23.4 Å². The number of rotatable bonds is 5. The van der Waals surface area contributed by atoms with Gasteiger partial charge in [0.05, 0.1) is 13.2 Å². The second-order valence-corrected chi connectivity index (χ2v) is 9.36. The smallest absolute Gasteiger partial charge is 0.239 e. The first-order valence-corrected chi connectivity index (χ1v) is 12.0. The lowest BCUT2D eigenvalue weighted by Crippen LogP contribution is -2.60. The number of phenolic OH excluding ortho intramolecular Hbond substituents is 4. The molecule has 0 radical (unpaired) electrons. The molecule has 15 nitrogen and oxygen atoms in total. The average Bonchev–Trinajstić information content (AvgIpc) is 2.90. The van der Waals surface area contributed by atoms with Gasteiger partial charge in [-0.15, -0.1) is 0 Å². The van der Waals surface area contributed by atoms with Crippen molar-refractivity contribution in [1.29, 1.82) is 0 Å². The number of fused-ring (bicyclic) bond motifs is 1. The number of ether oxygens (including phenoxy) is 4. The van der Waals surface area contributed by atoms with Gasteiger partial charge in [-0.3, -0.25) is 4.79 Å². The highest BCUT2D eigenvalue weighted by molar-refractivity contribution is 5.88. The van der Waals surface area contributed by atoms with Gasteiger partial charge >= 0.3 is 0 Å². The number of benzene rings is 2. The van der Waals surface area contributed by atoms with E-state index in [1.165, 1.54) is 6.07 Å². The fraction of sp³-hybridized carbons (Fsp3) is 0.400. The van der Waals surface area contributed by atoms with Crippen LogP contribution in [0.3, 0.4) is 0 Å². The van der Waals surface area contributed by atoms with Gasteiger partial charge in [0, 0.05) is 17.7 Å². The maximum Gasteiger partial charge on any atom is 0.239 e. The Morgan fingerprint density at radius 2 is 1.45 bits per heavy atom. The minimum absolute atomic E-state index is 0.0170. The molecule has 40 heavy (non-hydrogen) atoms. The van der Waals surface area contributed by atoms with Crippen LogP contribution in [0.5, 0.6) is 28.7 Å². The molecule has 2 saturated heterocycles. The normalized spacial score (nSPS) is 30.8. The zero-order valence-corrected chi connectivity index (χ0v) is 20.4. The van der Waals surface area contributed by atoms with Crippen LogP contribution in [0.25, 0.3) is 22.3 Å². The molecule has 0 aliphatic carbocycles. The summed E-state index contributed by atoms with van der Waals surface area (Å²) in [6.45, 7) is -0.819. The molecule has 3 heterocycles. The van der Waals surface area contributed by atoms with E-state index >= 15 is 0 Å². The first-order chi connectivity index (χ1) is 19.0. The second kappa shape index (κ2) is 10.7. The van der Waals surface area contributed by atoms with E-state index < -0.39 is 95.4 Å². The molecule has 2 aliphatic heterocycles. The van der Waals surface area contributed by atoms with Gasteiger partial charge in [0.15, 0.2) is 23.5 Å². The van der Waals surface area contributed by atoms with Crippen LogP contribution in [-0.2, 0) is 14.2 Å². The Hall–Kier alpha value is -3.67. The third-order valence-corrected chi connectivity index (χ3v) is 6.59. The number of aromatic hydroxyl groups is 4. The predicted octanol–water partition coefficient (Wildman–Crippen LogP) is -1.44. The molecule has 2 aliphatic rings. The van der Waals surface area contributed by atoms with Crippen molar-refractivity contribution in [2.24, 2.45) is 0 Å². The number of hydrogen-bond acceptors (Lipinski definition) is 15. The topological polar surface area (TPSA) is 249 Å². The third kappa shape index (κ3) is 5.00. The lowest BCUT2D eigenvalue weighted by Gasteiger charge is -2.41. The molecule has 0 amide bonds. The SMILES string of the molecule is O=c1c(OC2OCC(OC3OCC(O)C(O)C3O)C(O)C2O)c(-c2ccc(O)c(O)c2)oc2cc(O)cc(O)c12. The fourth-order valence-corrected chi connectivity index (χ4v) is 4.41. The van der Waals surface area contributed by atoms with Crippen LogP contribution in [0.1, 0.15) is 0 Å². The molecule has 2 aromatic carbocycles. The molecule has 8 atom stereocenters. The molecule has 0 bridgehead atoms. The highest BCUT2D eigenvalue weighted by Gasteiger charge is 2.46. The van der Waals surface area contributed by atoms with Gasteiger partial charge in [0.25, 0.3) is 0 Å². The number of hydrogen-bond donors (Lipinski definition) is 9.